The Bertz CT molecular complexity index is 202. The van der Waals surface area contributed by atoms with E-state index in [1.54, 1.807) is 6.08 Å². The van der Waals surface area contributed by atoms with Gasteiger partial charge in [0.25, 0.3) is 0 Å². The van der Waals surface area contributed by atoms with Crippen molar-refractivity contribution in [3.8, 4) is 0 Å². The molecule has 0 bridgehead atoms. The number of hydrogen-bond acceptors (Lipinski definition) is 4. The minimum atomic E-state index is -0.810. The van der Waals surface area contributed by atoms with Gasteiger partial charge in [0.2, 0.25) is 5.79 Å². The number of hydrogen-bond donors (Lipinski definition) is 0. The number of ether oxygens (including phenoxy) is 3. The first-order valence-electron chi connectivity index (χ1n) is 3.45. The van der Waals surface area contributed by atoms with Crippen LogP contribution in [0.3, 0.4) is 0 Å². The van der Waals surface area contributed by atoms with Crippen molar-refractivity contribution in [1.29, 1.82) is 0 Å². The van der Waals surface area contributed by atoms with Gasteiger partial charge >= 0.3 is 5.97 Å². The van der Waals surface area contributed by atoms with Crippen molar-refractivity contribution in [2.45, 2.75) is 12.2 Å². The van der Waals surface area contributed by atoms with Crippen molar-refractivity contribution in [3.05, 3.63) is 12.2 Å². The van der Waals surface area contributed by atoms with Gasteiger partial charge in [-0.2, -0.15) is 0 Å². The van der Waals surface area contributed by atoms with Crippen LogP contribution in [-0.2, 0) is 19.0 Å². The van der Waals surface area contributed by atoms with Crippen LogP contribution in [0.2, 0.25) is 0 Å². The predicted molar refractivity (Wildman–Crippen MR) is 34.5 cm³/mol. The average molecular weight is 156 g/mol. The van der Waals surface area contributed by atoms with Gasteiger partial charge in [0.1, 0.15) is 0 Å². The first-order chi connectivity index (χ1) is 5.31. The van der Waals surface area contributed by atoms with Crippen LogP contribution in [0.25, 0.3) is 0 Å². The Hall–Kier alpha value is -0.870. The molecule has 2 aliphatic heterocycles. The van der Waals surface area contributed by atoms with Crippen LogP contribution in [0.4, 0.5) is 0 Å². The van der Waals surface area contributed by atoms with Gasteiger partial charge in [-0.1, -0.05) is 0 Å². The second kappa shape index (κ2) is 2.32. The lowest BCUT2D eigenvalue weighted by molar-refractivity contribution is -0.265. The Morgan fingerprint density at radius 1 is 1.55 bits per heavy atom. The van der Waals surface area contributed by atoms with Gasteiger partial charge in [-0.15, -0.1) is 0 Å². The van der Waals surface area contributed by atoms with E-state index in [1.807, 2.05) is 0 Å². The van der Waals surface area contributed by atoms with Crippen LogP contribution in [-0.4, -0.2) is 25.2 Å². The summed E-state index contributed by atoms with van der Waals surface area (Å²) < 4.78 is 15.0. The van der Waals surface area contributed by atoms with Crippen molar-refractivity contribution in [1.82, 2.24) is 0 Å². The molecule has 0 aromatic rings. The summed E-state index contributed by atoms with van der Waals surface area (Å²) in [7, 11) is 0. The smallest absolute Gasteiger partial charge is 0.333 e. The molecule has 0 saturated carbocycles. The van der Waals surface area contributed by atoms with E-state index in [4.69, 9.17) is 14.2 Å². The summed E-state index contributed by atoms with van der Waals surface area (Å²) in [4.78, 5) is 10.7. The molecule has 0 aromatic carbocycles. The fourth-order valence-corrected chi connectivity index (χ4v) is 1.13. The molecule has 2 aliphatic rings. The molecule has 0 aliphatic carbocycles. The van der Waals surface area contributed by atoms with Crippen LogP contribution in [0.15, 0.2) is 12.2 Å². The highest BCUT2D eigenvalue weighted by Crippen LogP contribution is 2.27. The van der Waals surface area contributed by atoms with Crippen molar-refractivity contribution in [2.75, 3.05) is 13.4 Å². The SMILES string of the molecule is O=C1C=C[C@@]2(CCOCO2)O1. The summed E-state index contributed by atoms with van der Waals surface area (Å²) in [5.41, 5.74) is 0. The molecule has 0 N–H and O–H groups in total. The second-order valence-electron chi connectivity index (χ2n) is 2.49. The lowest BCUT2D eigenvalue weighted by Gasteiger charge is -2.30. The Labute approximate surface area is 63.7 Å². The van der Waals surface area contributed by atoms with Crippen LogP contribution >= 0.6 is 0 Å². The number of rotatable bonds is 0. The van der Waals surface area contributed by atoms with E-state index >= 15 is 0 Å². The zero-order chi connectivity index (χ0) is 7.73. The minimum Gasteiger partial charge on any atom is -0.426 e. The third kappa shape index (κ3) is 1.15. The summed E-state index contributed by atoms with van der Waals surface area (Å²) in [6, 6.07) is 0. The third-order valence-corrected chi connectivity index (χ3v) is 1.73. The summed E-state index contributed by atoms with van der Waals surface area (Å²) in [6.07, 6.45) is 3.60. The Balaban J connectivity index is 2.10. The molecule has 4 heteroatoms. The van der Waals surface area contributed by atoms with E-state index in [2.05, 4.69) is 0 Å². The van der Waals surface area contributed by atoms with E-state index in [-0.39, 0.29) is 12.8 Å². The lowest BCUT2D eigenvalue weighted by Crippen LogP contribution is -2.38. The average Bonchev–Trinajstić information content (AvgIpc) is 2.34. The first-order valence-corrected chi connectivity index (χ1v) is 3.45. The lowest BCUT2D eigenvalue weighted by atomic mass is 10.2. The molecule has 2 rings (SSSR count). The molecule has 0 radical (unpaired) electrons. The topological polar surface area (TPSA) is 44.8 Å². The van der Waals surface area contributed by atoms with Crippen LogP contribution in [0, 0.1) is 0 Å². The summed E-state index contributed by atoms with van der Waals surface area (Å²) >= 11 is 0. The van der Waals surface area contributed by atoms with E-state index in [0.717, 1.165) is 0 Å². The zero-order valence-electron chi connectivity index (χ0n) is 5.91. The van der Waals surface area contributed by atoms with Gasteiger partial charge in [0.15, 0.2) is 6.79 Å². The molecular formula is C7H8O4. The van der Waals surface area contributed by atoms with Gasteiger partial charge in [-0.3, -0.25) is 0 Å². The monoisotopic (exact) mass is 156 g/mol. The van der Waals surface area contributed by atoms with E-state index in [1.165, 1.54) is 6.08 Å². The summed E-state index contributed by atoms with van der Waals surface area (Å²) in [5.74, 6) is -1.15. The molecule has 0 amide bonds. The molecule has 2 heterocycles. The summed E-state index contributed by atoms with van der Waals surface area (Å²) in [5, 5.41) is 0. The van der Waals surface area contributed by atoms with Crippen molar-refractivity contribution in [2.24, 2.45) is 0 Å². The third-order valence-electron chi connectivity index (χ3n) is 1.73. The Morgan fingerprint density at radius 3 is 3.00 bits per heavy atom. The van der Waals surface area contributed by atoms with E-state index in [0.29, 0.717) is 13.0 Å². The number of esters is 1. The standard InChI is InChI=1S/C7H8O4/c8-6-1-2-7(11-6)3-4-9-5-10-7/h1-2H,3-5H2/t7-/m0/s1. The predicted octanol–water partition coefficient (Wildman–Crippen LogP) is 0.190. The molecule has 1 atom stereocenters. The van der Waals surface area contributed by atoms with Gasteiger partial charge in [0.05, 0.1) is 6.61 Å². The van der Waals surface area contributed by atoms with Gasteiger partial charge in [0, 0.05) is 12.5 Å². The molecule has 1 saturated heterocycles. The van der Waals surface area contributed by atoms with Crippen LogP contribution < -0.4 is 0 Å². The largest absolute Gasteiger partial charge is 0.426 e. The zero-order valence-corrected chi connectivity index (χ0v) is 5.91. The quantitative estimate of drug-likeness (QED) is 0.469. The molecule has 1 spiro atoms. The number of carbonyl (C=O) groups is 1. The fraction of sp³-hybridized carbons (Fsp3) is 0.571. The van der Waals surface area contributed by atoms with E-state index < -0.39 is 5.79 Å². The molecule has 0 unspecified atom stereocenters. The van der Waals surface area contributed by atoms with Crippen molar-refractivity contribution >= 4 is 5.97 Å². The number of carbonyl (C=O) groups excluding carboxylic acids is 1. The van der Waals surface area contributed by atoms with Crippen molar-refractivity contribution < 1.29 is 19.0 Å². The van der Waals surface area contributed by atoms with Crippen LogP contribution in [0.5, 0.6) is 0 Å². The first kappa shape index (κ1) is 6.82. The molecule has 60 valence electrons. The highest BCUT2D eigenvalue weighted by Gasteiger charge is 2.38. The Morgan fingerprint density at radius 2 is 2.45 bits per heavy atom. The highest BCUT2D eigenvalue weighted by molar-refractivity contribution is 5.84. The van der Waals surface area contributed by atoms with E-state index in [9.17, 15) is 4.79 Å². The maximum absolute atomic E-state index is 10.7. The molecule has 4 nitrogen and oxygen atoms in total. The molecular weight excluding hydrogens is 148 g/mol. The normalized spacial score (nSPS) is 36.2. The van der Waals surface area contributed by atoms with Gasteiger partial charge in [-0.05, 0) is 6.08 Å². The second-order valence-corrected chi connectivity index (χ2v) is 2.49. The van der Waals surface area contributed by atoms with Gasteiger partial charge in [-0.25, -0.2) is 4.79 Å². The molecule has 1 fully saturated rings. The highest BCUT2D eigenvalue weighted by atomic mass is 16.8. The van der Waals surface area contributed by atoms with Crippen LogP contribution in [0.1, 0.15) is 6.42 Å². The molecule has 11 heavy (non-hydrogen) atoms. The summed E-state index contributed by atoms with van der Waals surface area (Å²) in [6.45, 7) is 0.759. The maximum atomic E-state index is 10.7. The Kier molecular flexibility index (Phi) is 1.44. The fourth-order valence-electron chi connectivity index (χ4n) is 1.13. The van der Waals surface area contributed by atoms with Crippen molar-refractivity contribution in [3.63, 3.8) is 0 Å². The minimum absolute atomic E-state index is 0.192. The molecule has 0 aromatic heterocycles. The maximum Gasteiger partial charge on any atom is 0.333 e. The van der Waals surface area contributed by atoms with Gasteiger partial charge < -0.3 is 14.2 Å².